The second kappa shape index (κ2) is 6.30. The van der Waals surface area contributed by atoms with Gasteiger partial charge in [-0.2, -0.15) is 0 Å². The number of urea groups is 1. The predicted octanol–water partition coefficient (Wildman–Crippen LogP) is 3.47. The molecule has 0 atom stereocenters. The summed E-state index contributed by atoms with van der Waals surface area (Å²) in [5, 5.41) is 2.88. The van der Waals surface area contributed by atoms with Crippen molar-refractivity contribution in [3.05, 3.63) is 55.0 Å². The average Bonchev–Trinajstić information content (AvgIpc) is 2.58. The van der Waals surface area contributed by atoms with E-state index in [1.165, 1.54) is 0 Å². The first-order valence-corrected chi connectivity index (χ1v) is 7.28. The maximum Gasteiger partial charge on any atom is 0.325 e. The summed E-state index contributed by atoms with van der Waals surface area (Å²) in [5.74, 6) is 0. The van der Waals surface area contributed by atoms with E-state index in [9.17, 15) is 4.79 Å². The molecule has 2 amide bonds. The van der Waals surface area contributed by atoms with E-state index in [2.05, 4.69) is 10.3 Å². The van der Waals surface area contributed by atoms with Crippen LogP contribution in [0.15, 0.2) is 55.0 Å². The van der Waals surface area contributed by atoms with Gasteiger partial charge < -0.3 is 16.0 Å². The fraction of sp³-hybridized carbons (Fsp3) is 0.176. The van der Waals surface area contributed by atoms with Crippen LogP contribution in [0.4, 0.5) is 16.2 Å². The molecule has 0 radical (unpaired) electrons. The zero-order valence-corrected chi connectivity index (χ0v) is 12.2. The predicted molar refractivity (Wildman–Crippen MR) is 88.2 cm³/mol. The summed E-state index contributed by atoms with van der Waals surface area (Å²) in [7, 11) is 0. The molecule has 0 spiro atoms. The summed E-state index contributed by atoms with van der Waals surface area (Å²) in [6.07, 6.45) is 9.33. The second-order valence-corrected chi connectivity index (χ2v) is 5.19. The third-order valence-electron chi connectivity index (χ3n) is 3.61. The number of carbonyl (C=O) groups excluding carboxylic acids is 1. The highest BCUT2D eigenvalue weighted by Gasteiger charge is 2.14. The van der Waals surface area contributed by atoms with Gasteiger partial charge in [-0.25, -0.2) is 4.79 Å². The van der Waals surface area contributed by atoms with Gasteiger partial charge in [0, 0.05) is 30.7 Å². The minimum atomic E-state index is -0.161. The maximum absolute atomic E-state index is 12.3. The number of hydrogen-bond acceptors (Lipinski definition) is 3. The smallest absolute Gasteiger partial charge is 0.325 e. The van der Waals surface area contributed by atoms with Gasteiger partial charge in [0.15, 0.2) is 0 Å². The molecule has 0 fully saturated rings. The Morgan fingerprint density at radius 1 is 1.27 bits per heavy atom. The quantitative estimate of drug-likeness (QED) is 0.833. The molecule has 1 aromatic carbocycles. The highest BCUT2D eigenvalue weighted by atomic mass is 16.2. The zero-order valence-electron chi connectivity index (χ0n) is 12.2. The summed E-state index contributed by atoms with van der Waals surface area (Å²) in [5.41, 5.74) is 9.08. The minimum absolute atomic E-state index is 0.161. The van der Waals surface area contributed by atoms with Crippen molar-refractivity contribution in [2.75, 3.05) is 17.6 Å². The molecule has 2 heterocycles. The van der Waals surface area contributed by atoms with Gasteiger partial charge in [-0.15, -0.1) is 0 Å². The lowest BCUT2D eigenvalue weighted by Gasteiger charge is -2.22. The Morgan fingerprint density at radius 3 is 2.91 bits per heavy atom. The Balaban J connectivity index is 1.82. The maximum atomic E-state index is 12.3. The van der Waals surface area contributed by atoms with E-state index in [0.29, 0.717) is 11.4 Å². The summed E-state index contributed by atoms with van der Waals surface area (Å²) < 4.78 is 0. The second-order valence-electron chi connectivity index (χ2n) is 5.19. The van der Waals surface area contributed by atoms with Gasteiger partial charge in [-0.1, -0.05) is 18.2 Å². The number of anilines is 2. The monoisotopic (exact) mass is 294 g/mol. The largest absolute Gasteiger partial charge is 0.397 e. The van der Waals surface area contributed by atoms with Gasteiger partial charge in [-0.3, -0.25) is 4.98 Å². The summed E-state index contributed by atoms with van der Waals surface area (Å²) in [6, 6.07) is 9.27. The number of hydrogen-bond donors (Lipinski definition) is 2. The zero-order chi connectivity index (χ0) is 15.4. The number of nitrogens with two attached hydrogens (primary N) is 1. The number of nitrogens with zero attached hydrogens (tertiary/aromatic N) is 2. The van der Waals surface area contributed by atoms with Crippen molar-refractivity contribution in [2.45, 2.75) is 12.8 Å². The molecule has 1 aromatic heterocycles. The molecular weight excluding hydrogens is 276 g/mol. The first-order chi connectivity index (χ1) is 10.7. The molecule has 5 nitrogen and oxygen atoms in total. The van der Waals surface area contributed by atoms with Crippen LogP contribution < -0.4 is 11.1 Å². The molecular formula is C17H18N4O. The standard InChI is InChI=1S/C17H18N4O/c18-15-7-6-13(14-5-4-8-19-12-14)11-16(15)20-17(22)21-9-2-1-3-10-21/h2,4-9,11-12H,1,3,10,18H2,(H,20,22). The fourth-order valence-electron chi connectivity index (χ4n) is 2.39. The van der Waals surface area contributed by atoms with Crippen LogP contribution in [0.1, 0.15) is 12.8 Å². The van der Waals surface area contributed by atoms with Crippen molar-refractivity contribution in [3.8, 4) is 11.1 Å². The molecule has 0 aliphatic carbocycles. The highest BCUT2D eigenvalue weighted by Crippen LogP contribution is 2.27. The number of benzene rings is 1. The van der Waals surface area contributed by atoms with Crippen LogP contribution in [0.5, 0.6) is 0 Å². The molecule has 5 heteroatoms. The number of nitrogens with one attached hydrogen (secondary N) is 1. The Hall–Kier alpha value is -2.82. The molecule has 0 bridgehead atoms. The van der Waals surface area contributed by atoms with E-state index in [-0.39, 0.29) is 6.03 Å². The Bertz CT molecular complexity index is 697. The Kier molecular flexibility index (Phi) is 4.05. The lowest BCUT2D eigenvalue weighted by molar-refractivity contribution is 0.226. The van der Waals surface area contributed by atoms with Crippen LogP contribution >= 0.6 is 0 Å². The van der Waals surface area contributed by atoms with Crippen LogP contribution in [0.25, 0.3) is 11.1 Å². The number of nitrogen functional groups attached to an aromatic ring is 1. The molecule has 22 heavy (non-hydrogen) atoms. The molecule has 3 N–H and O–H groups in total. The number of amides is 2. The van der Waals surface area contributed by atoms with Crippen LogP contribution in [0.3, 0.4) is 0 Å². The molecule has 0 unspecified atom stereocenters. The van der Waals surface area contributed by atoms with E-state index in [1.54, 1.807) is 23.4 Å². The summed E-state index contributed by atoms with van der Waals surface area (Å²) in [6.45, 7) is 0.727. The van der Waals surface area contributed by atoms with Gasteiger partial charge in [0.05, 0.1) is 11.4 Å². The van der Waals surface area contributed by atoms with Crippen LogP contribution in [0.2, 0.25) is 0 Å². The highest BCUT2D eigenvalue weighted by molar-refractivity contribution is 5.94. The van der Waals surface area contributed by atoms with Crippen molar-refractivity contribution in [1.29, 1.82) is 0 Å². The first kappa shape index (κ1) is 14.1. The van der Waals surface area contributed by atoms with Gasteiger partial charge in [0.2, 0.25) is 0 Å². The van der Waals surface area contributed by atoms with Crippen LogP contribution in [0, 0.1) is 0 Å². The van der Waals surface area contributed by atoms with E-state index < -0.39 is 0 Å². The van der Waals surface area contributed by atoms with Crippen molar-refractivity contribution < 1.29 is 4.79 Å². The van der Waals surface area contributed by atoms with Gasteiger partial charge in [0.25, 0.3) is 0 Å². The van der Waals surface area contributed by atoms with Gasteiger partial charge in [0.1, 0.15) is 0 Å². The molecule has 1 aliphatic heterocycles. The van der Waals surface area contributed by atoms with E-state index >= 15 is 0 Å². The van der Waals surface area contributed by atoms with Crippen molar-refractivity contribution >= 4 is 17.4 Å². The number of carbonyl (C=O) groups is 1. The van der Waals surface area contributed by atoms with E-state index in [0.717, 1.165) is 30.5 Å². The third-order valence-corrected chi connectivity index (χ3v) is 3.61. The molecule has 2 aromatic rings. The van der Waals surface area contributed by atoms with Crippen molar-refractivity contribution in [2.24, 2.45) is 0 Å². The first-order valence-electron chi connectivity index (χ1n) is 7.28. The molecule has 0 saturated heterocycles. The number of allylic oxidation sites excluding steroid dienone is 1. The summed E-state index contributed by atoms with van der Waals surface area (Å²) in [4.78, 5) is 18.0. The van der Waals surface area contributed by atoms with Crippen molar-refractivity contribution in [1.82, 2.24) is 9.88 Å². The van der Waals surface area contributed by atoms with Crippen LogP contribution in [-0.4, -0.2) is 22.5 Å². The number of pyridine rings is 1. The summed E-state index contributed by atoms with van der Waals surface area (Å²) >= 11 is 0. The fourth-order valence-corrected chi connectivity index (χ4v) is 2.39. The molecule has 112 valence electrons. The Morgan fingerprint density at radius 2 is 2.18 bits per heavy atom. The average molecular weight is 294 g/mol. The van der Waals surface area contributed by atoms with Gasteiger partial charge >= 0.3 is 6.03 Å². The molecule has 1 aliphatic rings. The van der Waals surface area contributed by atoms with Crippen molar-refractivity contribution in [3.63, 3.8) is 0 Å². The number of rotatable bonds is 2. The SMILES string of the molecule is Nc1ccc(-c2cccnc2)cc1NC(=O)N1C=CCCC1. The number of aromatic nitrogens is 1. The van der Waals surface area contributed by atoms with Gasteiger partial charge in [-0.05, 0) is 36.6 Å². The third kappa shape index (κ3) is 3.09. The Labute approximate surface area is 129 Å². The lowest BCUT2D eigenvalue weighted by atomic mass is 10.1. The topological polar surface area (TPSA) is 71.2 Å². The molecule has 0 saturated carbocycles. The normalized spacial score (nSPS) is 13.9. The van der Waals surface area contributed by atoms with E-state index in [4.69, 9.17) is 5.73 Å². The lowest BCUT2D eigenvalue weighted by Crippen LogP contribution is -2.32. The van der Waals surface area contributed by atoms with E-state index in [1.807, 2.05) is 36.5 Å². The minimum Gasteiger partial charge on any atom is -0.397 e. The molecule has 3 rings (SSSR count). The van der Waals surface area contributed by atoms with Crippen LogP contribution in [-0.2, 0) is 0 Å².